The number of carbonyl (C=O) groups excluding carboxylic acids is 1. The van der Waals surface area contributed by atoms with E-state index in [1.807, 2.05) is 13.0 Å². The minimum Gasteiger partial charge on any atom is -0.365 e. The fourth-order valence-corrected chi connectivity index (χ4v) is 3.70. The van der Waals surface area contributed by atoms with Gasteiger partial charge in [-0.15, -0.1) is 0 Å². The van der Waals surface area contributed by atoms with Crippen LogP contribution >= 0.6 is 0 Å². The van der Waals surface area contributed by atoms with Crippen molar-refractivity contribution in [2.45, 2.75) is 59.9 Å². The first kappa shape index (κ1) is 19.4. The van der Waals surface area contributed by atoms with Crippen molar-refractivity contribution in [2.24, 2.45) is 5.41 Å². The van der Waals surface area contributed by atoms with Crippen LogP contribution in [0.25, 0.3) is 0 Å². The molecule has 0 saturated heterocycles. The Kier molecular flexibility index (Phi) is 5.02. The number of nitrogens with zero attached hydrogens (tertiary/aromatic N) is 2. The molecular formula is C23H31N3O. The van der Waals surface area contributed by atoms with E-state index in [9.17, 15) is 4.79 Å². The second kappa shape index (κ2) is 6.99. The van der Waals surface area contributed by atoms with Gasteiger partial charge < -0.3 is 10.2 Å². The topological polar surface area (TPSA) is 45.2 Å². The lowest BCUT2D eigenvalue weighted by molar-refractivity contribution is -0.117. The first-order valence-electron chi connectivity index (χ1n) is 9.66. The first-order valence-corrected chi connectivity index (χ1v) is 9.66. The SMILES string of the molecule is Cc1cc2c(nc1NC(=O)CC(C)(C)C)C(C)(C)CN2Cc1ccccc1. The highest BCUT2D eigenvalue weighted by Gasteiger charge is 2.37. The fraction of sp³-hybridized carbons (Fsp3) is 0.478. The van der Waals surface area contributed by atoms with E-state index in [0.717, 1.165) is 24.3 Å². The molecule has 2 heterocycles. The number of aryl methyl sites for hydroxylation is 1. The van der Waals surface area contributed by atoms with Gasteiger partial charge in [0.15, 0.2) is 0 Å². The second-order valence-corrected chi connectivity index (χ2v) is 9.53. The van der Waals surface area contributed by atoms with Crippen molar-refractivity contribution >= 4 is 17.4 Å². The molecular weight excluding hydrogens is 334 g/mol. The van der Waals surface area contributed by atoms with Crippen molar-refractivity contribution in [3.63, 3.8) is 0 Å². The quantitative estimate of drug-likeness (QED) is 0.823. The maximum absolute atomic E-state index is 12.4. The lowest BCUT2D eigenvalue weighted by Gasteiger charge is -2.22. The number of carbonyl (C=O) groups is 1. The van der Waals surface area contributed by atoms with Gasteiger partial charge in [-0.25, -0.2) is 4.98 Å². The summed E-state index contributed by atoms with van der Waals surface area (Å²) in [5, 5.41) is 3.03. The molecule has 3 rings (SSSR count). The van der Waals surface area contributed by atoms with E-state index in [4.69, 9.17) is 4.98 Å². The number of nitrogens with one attached hydrogen (secondary N) is 1. The average Bonchev–Trinajstić information content (AvgIpc) is 2.77. The highest BCUT2D eigenvalue weighted by Crippen LogP contribution is 2.41. The Morgan fingerprint density at radius 1 is 1.22 bits per heavy atom. The summed E-state index contributed by atoms with van der Waals surface area (Å²) in [6.07, 6.45) is 0.481. The largest absolute Gasteiger partial charge is 0.365 e. The molecule has 0 radical (unpaired) electrons. The molecule has 1 aromatic heterocycles. The molecule has 0 saturated carbocycles. The van der Waals surface area contributed by atoms with Gasteiger partial charge in [-0.05, 0) is 29.5 Å². The number of aromatic nitrogens is 1. The van der Waals surface area contributed by atoms with Crippen LogP contribution in [0, 0.1) is 12.3 Å². The lowest BCUT2D eigenvalue weighted by Crippen LogP contribution is -2.28. The third-order valence-electron chi connectivity index (χ3n) is 4.93. The number of hydrogen-bond donors (Lipinski definition) is 1. The third-order valence-corrected chi connectivity index (χ3v) is 4.93. The average molecular weight is 366 g/mol. The maximum Gasteiger partial charge on any atom is 0.226 e. The van der Waals surface area contributed by atoms with Crippen LogP contribution in [0.3, 0.4) is 0 Å². The molecule has 0 aliphatic carbocycles. The number of benzene rings is 1. The number of fused-ring (bicyclic) bond motifs is 1. The van der Waals surface area contributed by atoms with Crippen LogP contribution in [-0.2, 0) is 16.8 Å². The standard InChI is InChI=1S/C23H31N3O/c1-16-12-18-20(25-21(16)24-19(27)13-22(2,3)4)23(5,6)15-26(18)14-17-10-8-7-9-11-17/h7-12H,13-15H2,1-6H3,(H,24,25,27). The molecule has 1 aromatic carbocycles. The third kappa shape index (κ3) is 4.49. The van der Waals surface area contributed by atoms with E-state index in [1.54, 1.807) is 0 Å². The van der Waals surface area contributed by atoms with Gasteiger partial charge in [-0.3, -0.25) is 4.79 Å². The molecule has 0 fully saturated rings. The number of pyridine rings is 1. The Hall–Kier alpha value is -2.36. The summed E-state index contributed by atoms with van der Waals surface area (Å²) in [6, 6.07) is 12.7. The molecule has 27 heavy (non-hydrogen) atoms. The van der Waals surface area contributed by atoms with Crippen molar-refractivity contribution in [2.75, 3.05) is 16.8 Å². The van der Waals surface area contributed by atoms with Crippen molar-refractivity contribution in [1.82, 2.24) is 4.98 Å². The number of rotatable bonds is 4. The molecule has 1 aliphatic heterocycles. The van der Waals surface area contributed by atoms with Gasteiger partial charge in [0.2, 0.25) is 5.91 Å². The molecule has 0 bridgehead atoms. The molecule has 1 amide bonds. The molecule has 2 aromatic rings. The van der Waals surface area contributed by atoms with Crippen molar-refractivity contribution < 1.29 is 4.79 Å². The van der Waals surface area contributed by atoms with Crippen LogP contribution in [0.5, 0.6) is 0 Å². The van der Waals surface area contributed by atoms with E-state index >= 15 is 0 Å². The van der Waals surface area contributed by atoms with E-state index < -0.39 is 0 Å². The Bertz CT molecular complexity index is 835. The zero-order valence-corrected chi connectivity index (χ0v) is 17.4. The molecule has 1 aliphatic rings. The molecule has 1 N–H and O–H groups in total. The van der Waals surface area contributed by atoms with E-state index in [0.29, 0.717) is 12.2 Å². The molecule has 0 atom stereocenters. The molecule has 4 heteroatoms. The summed E-state index contributed by atoms with van der Waals surface area (Å²) in [5.41, 5.74) is 4.44. The molecule has 0 unspecified atom stereocenters. The Balaban J connectivity index is 1.87. The van der Waals surface area contributed by atoms with Crippen LogP contribution < -0.4 is 10.2 Å². The second-order valence-electron chi connectivity index (χ2n) is 9.53. The van der Waals surface area contributed by atoms with Crippen LogP contribution in [0.4, 0.5) is 11.5 Å². The summed E-state index contributed by atoms with van der Waals surface area (Å²) < 4.78 is 0. The Labute approximate surface area is 163 Å². The smallest absolute Gasteiger partial charge is 0.226 e. The number of anilines is 2. The zero-order valence-electron chi connectivity index (χ0n) is 17.4. The van der Waals surface area contributed by atoms with E-state index in [1.165, 1.54) is 11.3 Å². The fourth-order valence-electron chi connectivity index (χ4n) is 3.70. The van der Waals surface area contributed by atoms with Crippen molar-refractivity contribution in [1.29, 1.82) is 0 Å². The number of hydrogen-bond acceptors (Lipinski definition) is 3. The van der Waals surface area contributed by atoms with Gasteiger partial charge >= 0.3 is 0 Å². The van der Waals surface area contributed by atoms with Crippen LogP contribution in [0.1, 0.15) is 57.9 Å². The highest BCUT2D eigenvalue weighted by atomic mass is 16.1. The monoisotopic (exact) mass is 365 g/mol. The van der Waals surface area contributed by atoms with E-state index in [-0.39, 0.29) is 16.7 Å². The van der Waals surface area contributed by atoms with Gasteiger partial charge in [0.05, 0.1) is 11.4 Å². The molecule has 4 nitrogen and oxygen atoms in total. The van der Waals surface area contributed by atoms with Gasteiger partial charge in [0.25, 0.3) is 0 Å². The Morgan fingerprint density at radius 3 is 2.52 bits per heavy atom. The predicted molar refractivity (Wildman–Crippen MR) is 112 cm³/mol. The zero-order chi connectivity index (χ0) is 19.8. The Morgan fingerprint density at radius 2 is 1.89 bits per heavy atom. The molecule has 0 spiro atoms. The normalized spacial score (nSPS) is 15.6. The van der Waals surface area contributed by atoms with Crippen LogP contribution in [0.2, 0.25) is 0 Å². The predicted octanol–water partition coefficient (Wildman–Crippen LogP) is 5.06. The summed E-state index contributed by atoms with van der Waals surface area (Å²) in [6.45, 7) is 14.5. The number of amides is 1. The summed E-state index contributed by atoms with van der Waals surface area (Å²) in [4.78, 5) is 19.7. The van der Waals surface area contributed by atoms with Crippen LogP contribution in [0.15, 0.2) is 36.4 Å². The summed E-state index contributed by atoms with van der Waals surface area (Å²) in [5.74, 6) is 0.715. The maximum atomic E-state index is 12.4. The van der Waals surface area contributed by atoms with E-state index in [2.05, 4.69) is 75.2 Å². The minimum absolute atomic E-state index is 0.0231. The van der Waals surface area contributed by atoms with Gasteiger partial charge in [-0.1, -0.05) is 65.0 Å². The van der Waals surface area contributed by atoms with Gasteiger partial charge in [0, 0.05) is 24.9 Å². The minimum atomic E-state index is -0.0542. The van der Waals surface area contributed by atoms with Crippen LogP contribution in [-0.4, -0.2) is 17.4 Å². The van der Waals surface area contributed by atoms with Gasteiger partial charge in [-0.2, -0.15) is 0 Å². The van der Waals surface area contributed by atoms with Crippen molar-refractivity contribution in [3.05, 3.63) is 53.2 Å². The first-order chi connectivity index (χ1) is 12.5. The summed E-state index contributed by atoms with van der Waals surface area (Å²) >= 11 is 0. The lowest BCUT2D eigenvalue weighted by atomic mass is 9.91. The van der Waals surface area contributed by atoms with Gasteiger partial charge in [0.1, 0.15) is 5.82 Å². The molecule has 144 valence electrons. The highest BCUT2D eigenvalue weighted by molar-refractivity contribution is 5.91. The summed E-state index contributed by atoms with van der Waals surface area (Å²) in [7, 11) is 0. The van der Waals surface area contributed by atoms with Crippen molar-refractivity contribution in [3.8, 4) is 0 Å².